The lowest BCUT2D eigenvalue weighted by Gasteiger charge is -2.10. The zero-order valence-electron chi connectivity index (χ0n) is 11.8. The number of aliphatic hydroxyl groups excluding tert-OH is 1. The maximum absolute atomic E-state index is 10.1. The highest BCUT2D eigenvalue weighted by Gasteiger charge is 2.18. The molecule has 2 aromatic rings. The average molecular weight is 313 g/mol. The minimum Gasteiger partial charge on any atom is -0.388 e. The van der Waals surface area contributed by atoms with Crippen LogP contribution >= 0.6 is 23.2 Å². The molecule has 1 atom stereocenters. The van der Waals surface area contributed by atoms with Gasteiger partial charge in [0.25, 0.3) is 0 Å². The van der Waals surface area contributed by atoms with Gasteiger partial charge in [0, 0.05) is 21.3 Å². The van der Waals surface area contributed by atoms with Crippen molar-refractivity contribution in [2.45, 2.75) is 39.8 Å². The summed E-state index contributed by atoms with van der Waals surface area (Å²) in [7, 11) is 0. The quantitative estimate of drug-likeness (QED) is 0.914. The number of aliphatic hydroxyl groups is 1. The van der Waals surface area contributed by atoms with E-state index in [1.165, 1.54) is 0 Å². The van der Waals surface area contributed by atoms with Gasteiger partial charge in [-0.25, -0.2) is 0 Å². The summed E-state index contributed by atoms with van der Waals surface area (Å²) in [6, 6.07) is 5.39. The summed E-state index contributed by atoms with van der Waals surface area (Å²) in [4.78, 5) is 0. The van der Waals surface area contributed by atoms with E-state index in [1.807, 2.05) is 31.5 Å². The third-order valence-electron chi connectivity index (χ3n) is 3.49. The number of benzene rings is 1. The van der Waals surface area contributed by atoms with Crippen LogP contribution in [0, 0.1) is 13.8 Å². The topological polar surface area (TPSA) is 38.1 Å². The van der Waals surface area contributed by atoms with Crippen LogP contribution < -0.4 is 0 Å². The molecule has 0 bridgehead atoms. The van der Waals surface area contributed by atoms with Crippen molar-refractivity contribution in [3.63, 3.8) is 0 Å². The van der Waals surface area contributed by atoms with Crippen molar-refractivity contribution in [3.05, 3.63) is 50.8 Å². The molecule has 108 valence electrons. The number of hydrogen-bond donors (Lipinski definition) is 1. The number of aryl methyl sites for hydroxylation is 1. The second-order valence-electron chi connectivity index (χ2n) is 4.90. The molecule has 0 spiro atoms. The molecular formula is C15H18Cl2N2O. The van der Waals surface area contributed by atoms with Gasteiger partial charge in [-0.15, -0.1) is 0 Å². The van der Waals surface area contributed by atoms with Crippen LogP contribution in [0.3, 0.4) is 0 Å². The summed E-state index contributed by atoms with van der Waals surface area (Å²) in [6.07, 6.45) is 0.198. The van der Waals surface area contributed by atoms with Gasteiger partial charge in [0.15, 0.2) is 0 Å². The van der Waals surface area contributed by atoms with Crippen molar-refractivity contribution in [1.29, 1.82) is 0 Å². The molecule has 0 saturated heterocycles. The van der Waals surface area contributed by atoms with Gasteiger partial charge in [-0.1, -0.05) is 30.1 Å². The number of aromatic nitrogens is 2. The van der Waals surface area contributed by atoms with Crippen molar-refractivity contribution in [3.8, 4) is 0 Å². The highest BCUT2D eigenvalue weighted by molar-refractivity contribution is 6.33. The lowest BCUT2D eigenvalue weighted by molar-refractivity contribution is 0.172. The van der Waals surface area contributed by atoms with Crippen LogP contribution in [0.25, 0.3) is 0 Å². The fourth-order valence-corrected chi connectivity index (χ4v) is 2.75. The van der Waals surface area contributed by atoms with Crippen LogP contribution in [-0.4, -0.2) is 14.9 Å². The van der Waals surface area contributed by atoms with Crippen LogP contribution in [0.1, 0.15) is 42.0 Å². The fraction of sp³-hybridized carbons (Fsp3) is 0.400. The molecule has 2 rings (SSSR count). The Bertz CT molecular complexity index is 623. The fourth-order valence-electron chi connectivity index (χ4n) is 2.38. The molecule has 1 heterocycles. The van der Waals surface area contributed by atoms with Crippen LogP contribution in [0.4, 0.5) is 0 Å². The third kappa shape index (κ3) is 3.00. The van der Waals surface area contributed by atoms with Gasteiger partial charge in [0.1, 0.15) is 0 Å². The molecule has 0 aliphatic rings. The molecular weight excluding hydrogens is 295 g/mol. The molecule has 0 aliphatic heterocycles. The van der Waals surface area contributed by atoms with Crippen LogP contribution in [-0.2, 0) is 6.54 Å². The monoisotopic (exact) mass is 312 g/mol. The van der Waals surface area contributed by atoms with Gasteiger partial charge in [0.05, 0.1) is 18.3 Å². The van der Waals surface area contributed by atoms with Crippen LogP contribution in [0.15, 0.2) is 18.2 Å². The first-order chi connectivity index (χ1) is 9.43. The van der Waals surface area contributed by atoms with Gasteiger partial charge in [0.2, 0.25) is 0 Å². The van der Waals surface area contributed by atoms with E-state index in [4.69, 9.17) is 23.2 Å². The van der Waals surface area contributed by atoms with Crippen LogP contribution in [0.2, 0.25) is 10.0 Å². The zero-order chi connectivity index (χ0) is 14.9. The number of rotatable bonds is 4. The first-order valence-electron chi connectivity index (χ1n) is 6.60. The first kappa shape index (κ1) is 15.4. The summed E-state index contributed by atoms with van der Waals surface area (Å²) >= 11 is 12.2. The number of nitrogens with zero attached hydrogens (tertiary/aromatic N) is 2. The number of halogens is 2. The second-order valence-corrected chi connectivity index (χ2v) is 5.75. The van der Waals surface area contributed by atoms with Gasteiger partial charge in [-0.05, 0) is 44.0 Å². The molecule has 0 saturated carbocycles. The minimum absolute atomic E-state index is 0.474. The van der Waals surface area contributed by atoms with E-state index in [0.29, 0.717) is 23.0 Å². The average Bonchev–Trinajstić information content (AvgIpc) is 2.68. The van der Waals surface area contributed by atoms with E-state index < -0.39 is 6.10 Å². The van der Waals surface area contributed by atoms with E-state index in [0.717, 1.165) is 22.5 Å². The SMILES string of the molecule is CCC(O)c1c(C)nn(Cc2cc(Cl)ccc2Cl)c1C. The molecule has 1 aromatic heterocycles. The van der Waals surface area contributed by atoms with E-state index in [-0.39, 0.29) is 0 Å². The largest absolute Gasteiger partial charge is 0.388 e. The highest BCUT2D eigenvalue weighted by Crippen LogP contribution is 2.26. The molecule has 20 heavy (non-hydrogen) atoms. The smallest absolute Gasteiger partial charge is 0.0823 e. The highest BCUT2D eigenvalue weighted by atomic mass is 35.5. The lowest BCUT2D eigenvalue weighted by atomic mass is 10.1. The van der Waals surface area contributed by atoms with Gasteiger partial charge in [-0.2, -0.15) is 5.10 Å². The van der Waals surface area contributed by atoms with Crippen molar-refractivity contribution in [1.82, 2.24) is 9.78 Å². The Morgan fingerprint density at radius 2 is 2.00 bits per heavy atom. The Morgan fingerprint density at radius 1 is 1.30 bits per heavy atom. The second kappa shape index (κ2) is 6.17. The third-order valence-corrected chi connectivity index (χ3v) is 4.09. The molecule has 1 unspecified atom stereocenters. The van der Waals surface area contributed by atoms with E-state index in [2.05, 4.69) is 5.10 Å². The predicted molar refractivity (Wildman–Crippen MR) is 82.5 cm³/mol. The van der Waals surface area contributed by atoms with Crippen molar-refractivity contribution < 1.29 is 5.11 Å². The Morgan fingerprint density at radius 3 is 2.65 bits per heavy atom. The summed E-state index contributed by atoms with van der Waals surface area (Å²) < 4.78 is 1.86. The van der Waals surface area contributed by atoms with Crippen LogP contribution in [0.5, 0.6) is 0 Å². The minimum atomic E-state index is -0.474. The molecule has 1 aromatic carbocycles. The Hall–Kier alpha value is -1.03. The van der Waals surface area contributed by atoms with Gasteiger partial charge in [-0.3, -0.25) is 4.68 Å². The van der Waals surface area contributed by atoms with E-state index >= 15 is 0 Å². The van der Waals surface area contributed by atoms with E-state index in [1.54, 1.807) is 12.1 Å². The molecule has 1 N–H and O–H groups in total. The molecule has 5 heteroatoms. The summed E-state index contributed by atoms with van der Waals surface area (Å²) in [5.41, 5.74) is 3.65. The molecule has 0 aliphatic carbocycles. The first-order valence-corrected chi connectivity index (χ1v) is 7.35. The molecule has 0 fully saturated rings. The van der Waals surface area contributed by atoms with Crippen molar-refractivity contribution in [2.75, 3.05) is 0 Å². The van der Waals surface area contributed by atoms with Crippen molar-refractivity contribution in [2.24, 2.45) is 0 Å². The van der Waals surface area contributed by atoms with Crippen molar-refractivity contribution >= 4 is 23.2 Å². The summed E-state index contributed by atoms with van der Waals surface area (Å²) in [5, 5.41) is 15.9. The zero-order valence-corrected chi connectivity index (χ0v) is 13.3. The maximum Gasteiger partial charge on any atom is 0.0823 e. The number of hydrogen-bond acceptors (Lipinski definition) is 2. The van der Waals surface area contributed by atoms with Gasteiger partial charge >= 0.3 is 0 Å². The predicted octanol–water partition coefficient (Wildman–Crippen LogP) is 4.30. The summed E-state index contributed by atoms with van der Waals surface area (Å²) in [6.45, 7) is 6.38. The Kier molecular flexibility index (Phi) is 4.74. The summed E-state index contributed by atoms with van der Waals surface area (Å²) in [5.74, 6) is 0. The molecule has 3 nitrogen and oxygen atoms in total. The molecule has 0 radical (unpaired) electrons. The lowest BCUT2D eigenvalue weighted by Crippen LogP contribution is -2.06. The maximum atomic E-state index is 10.1. The van der Waals surface area contributed by atoms with E-state index in [9.17, 15) is 5.11 Å². The van der Waals surface area contributed by atoms with Gasteiger partial charge < -0.3 is 5.11 Å². The Balaban J connectivity index is 2.37. The standard InChI is InChI=1S/C15H18Cl2N2O/c1-4-14(20)15-9(2)18-19(10(15)3)8-11-7-12(16)5-6-13(11)17/h5-7,14,20H,4,8H2,1-3H3. The normalized spacial score (nSPS) is 12.7. The Labute approximate surface area is 129 Å². The molecule has 0 amide bonds.